The Kier molecular flexibility index (Phi) is 4.76. The van der Waals surface area contributed by atoms with Gasteiger partial charge in [0.05, 0.1) is 11.6 Å². The molecular formula is C17H19ClN4O. The number of rotatable bonds is 6. The van der Waals surface area contributed by atoms with E-state index in [1.54, 1.807) is 6.20 Å². The number of amides is 1. The van der Waals surface area contributed by atoms with Crippen LogP contribution < -0.4 is 10.6 Å². The van der Waals surface area contributed by atoms with Gasteiger partial charge in [-0.05, 0) is 31.9 Å². The first-order valence-corrected chi connectivity index (χ1v) is 8.17. The summed E-state index contributed by atoms with van der Waals surface area (Å²) < 4.78 is 0. The van der Waals surface area contributed by atoms with E-state index in [1.807, 2.05) is 25.3 Å². The molecule has 23 heavy (non-hydrogen) atoms. The molecule has 2 aromatic rings. The second-order valence-corrected chi connectivity index (χ2v) is 6.01. The maximum absolute atomic E-state index is 11.5. The van der Waals surface area contributed by atoms with Crippen LogP contribution in [-0.4, -0.2) is 29.0 Å². The second kappa shape index (κ2) is 6.96. The van der Waals surface area contributed by atoms with Crippen LogP contribution in [0, 0.1) is 0 Å². The molecule has 0 unspecified atom stereocenters. The fourth-order valence-corrected chi connectivity index (χ4v) is 2.58. The Labute approximate surface area is 140 Å². The molecular weight excluding hydrogens is 312 g/mol. The van der Waals surface area contributed by atoms with Gasteiger partial charge in [0.15, 0.2) is 0 Å². The van der Waals surface area contributed by atoms with Crippen molar-refractivity contribution >= 4 is 23.3 Å². The van der Waals surface area contributed by atoms with Gasteiger partial charge in [0, 0.05) is 41.7 Å². The van der Waals surface area contributed by atoms with Crippen LogP contribution in [0.25, 0.3) is 11.1 Å². The fraction of sp³-hybridized carbons (Fsp3) is 0.353. The van der Waals surface area contributed by atoms with Crippen LogP contribution in [0.1, 0.15) is 31.4 Å². The molecule has 0 bridgehead atoms. The summed E-state index contributed by atoms with van der Waals surface area (Å²) >= 11 is 6.26. The monoisotopic (exact) mass is 330 g/mol. The highest BCUT2D eigenvalue weighted by atomic mass is 35.5. The van der Waals surface area contributed by atoms with Crippen LogP contribution in [0.15, 0.2) is 30.6 Å². The van der Waals surface area contributed by atoms with Crippen LogP contribution >= 0.6 is 11.6 Å². The predicted octanol–water partition coefficient (Wildman–Crippen LogP) is 3.22. The van der Waals surface area contributed by atoms with Crippen molar-refractivity contribution in [1.29, 1.82) is 0 Å². The van der Waals surface area contributed by atoms with Gasteiger partial charge in [-0.15, -0.1) is 0 Å². The number of hydrogen-bond acceptors (Lipinski definition) is 4. The number of pyridine rings is 2. The molecule has 1 aliphatic rings. The van der Waals surface area contributed by atoms with E-state index in [2.05, 4.69) is 26.7 Å². The number of aromatic nitrogens is 2. The van der Waals surface area contributed by atoms with Crippen molar-refractivity contribution in [2.45, 2.75) is 25.7 Å². The van der Waals surface area contributed by atoms with E-state index in [9.17, 15) is 4.79 Å². The molecule has 0 atom stereocenters. The molecule has 5 nitrogen and oxygen atoms in total. The molecule has 2 aromatic heterocycles. The van der Waals surface area contributed by atoms with E-state index < -0.39 is 0 Å². The lowest BCUT2D eigenvalue weighted by Crippen LogP contribution is -2.29. The SMILES string of the molecule is CCNC(=O)CNc1cc(-c2ccc(C3CC3)nc2)c(Cl)cn1. The van der Waals surface area contributed by atoms with E-state index >= 15 is 0 Å². The van der Waals surface area contributed by atoms with Crippen molar-refractivity contribution in [1.82, 2.24) is 15.3 Å². The van der Waals surface area contributed by atoms with Gasteiger partial charge in [-0.25, -0.2) is 4.98 Å². The van der Waals surface area contributed by atoms with E-state index in [0.717, 1.165) is 16.8 Å². The molecule has 0 saturated heterocycles. The first kappa shape index (κ1) is 15.7. The van der Waals surface area contributed by atoms with Crippen LogP contribution in [0.5, 0.6) is 0 Å². The number of halogens is 1. The van der Waals surface area contributed by atoms with E-state index in [0.29, 0.717) is 23.3 Å². The second-order valence-electron chi connectivity index (χ2n) is 5.60. The smallest absolute Gasteiger partial charge is 0.239 e. The van der Waals surface area contributed by atoms with E-state index in [1.165, 1.54) is 12.8 Å². The van der Waals surface area contributed by atoms with Crippen molar-refractivity contribution in [3.05, 3.63) is 41.3 Å². The average molecular weight is 331 g/mol. The molecule has 1 saturated carbocycles. The largest absolute Gasteiger partial charge is 0.361 e. The summed E-state index contributed by atoms with van der Waals surface area (Å²) in [6, 6.07) is 5.94. The van der Waals surface area contributed by atoms with Crippen molar-refractivity contribution in [2.75, 3.05) is 18.4 Å². The Morgan fingerprint density at radius 1 is 1.30 bits per heavy atom. The minimum atomic E-state index is -0.0683. The average Bonchev–Trinajstić information content (AvgIpc) is 3.40. The third-order valence-electron chi connectivity index (χ3n) is 3.75. The minimum absolute atomic E-state index is 0.0683. The standard InChI is InChI=1S/C17H19ClN4O/c1-2-19-17(23)10-22-16-7-13(14(18)9-21-16)12-5-6-15(20-8-12)11-3-4-11/h5-9,11H,2-4,10H2,1H3,(H,19,23)(H,21,22). The summed E-state index contributed by atoms with van der Waals surface area (Å²) in [5.41, 5.74) is 2.95. The van der Waals surface area contributed by atoms with Gasteiger partial charge in [-0.1, -0.05) is 17.7 Å². The number of nitrogens with zero attached hydrogens (tertiary/aromatic N) is 2. The van der Waals surface area contributed by atoms with Crippen LogP contribution in [0.3, 0.4) is 0 Å². The van der Waals surface area contributed by atoms with Crippen molar-refractivity contribution in [3.63, 3.8) is 0 Å². The Bertz CT molecular complexity index is 698. The summed E-state index contributed by atoms with van der Waals surface area (Å²) in [5, 5.41) is 6.30. The minimum Gasteiger partial charge on any atom is -0.361 e. The third kappa shape index (κ3) is 3.99. The lowest BCUT2D eigenvalue weighted by Gasteiger charge is -2.09. The van der Waals surface area contributed by atoms with Gasteiger partial charge >= 0.3 is 0 Å². The highest BCUT2D eigenvalue weighted by Crippen LogP contribution is 2.39. The van der Waals surface area contributed by atoms with Crippen LogP contribution in [0.2, 0.25) is 5.02 Å². The third-order valence-corrected chi connectivity index (χ3v) is 4.05. The number of carbonyl (C=O) groups is 1. The van der Waals surface area contributed by atoms with Crippen LogP contribution in [-0.2, 0) is 4.79 Å². The predicted molar refractivity (Wildman–Crippen MR) is 91.6 cm³/mol. The number of carbonyl (C=O) groups excluding carboxylic acids is 1. The zero-order valence-electron chi connectivity index (χ0n) is 13.0. The molecule has 0 aromatic carbocycles. The topological polar surface area (TPSA) is 66.9 Å². The molecule has 3 rings (SSSR count). The molecule has 0 spiro atoms. The molecule has 1 aliphatic carbocycles. The highest BCUT2D eigenvalue weighted by molar-refractivity contribution is 6.33. The van der Waals surface area contributed by atoms with Crippen molar-refractivity contribution in [3.8, 4) is 11.1 Å². The van der Waals surface area contributed by atoms with Gasteiger partial charge in [0.1, 0.15) is 5.82 Å². The molecule has 0 radical (unpaired) electrons. The van der Waals surface area contributed by atoms with Gasteiger partial charge in [-0.3, -0.25) is 9.78 Å². The summed E-state index contributed by atoms with van der Waals surface area (Å²) in [4.78, 5) is 20.2. The van der Waals surface area contributed by atoms with Gasteiger partial charge in [0.25, 0.3) is 0 Å². The summed E-state index contributed by atoms with van der Waals surface area (Å²) in [5.74, 6) is 1.18. The quantitative estimate of drug-likeness (QED) is 0.853. The van der Waals surface area contributed by atoms with E-state index in [-0.39, 0.29) is 12.5 Å². The number of nitrogens with one attached hydrogen (secondary N) is 2. The Morgan fingerprint density at radius 2 is 2.13 bits per heavy atom. The number of hydrogen-bond donors (Lipinski definition) is 2. The molecule has 1 fully saturated rings. The zero-order chi connectivity index (χ0) is 16.2. The number of likely N-dealkylation sites (N-methyl/N-ethyl adjacent to an activating group) is 1. The van der Waals surface area contributed by atoms with Crippen molar-refractivity contribution in [2.24, 2.45) is 0 Å². The molecule has 1 amide bonds. The normalized spacial score (nSPS) is 13.7. The van der Waals surface area contributed by atoms with Crippen LogP contribution in [0.4, 0.5) is 5.82 Å². The Balaban J connectivity index is 1.75. The first-order chi connectivity index (χ1) is 11.2. The molecule has 2 heterocycles. The maximum Gasteiger partial charge on any atom is 0.239 e. The summed E-state index contributed by atoms with van der Waals surface area (Å²) in [7, 11) is 0. The fourth-order valence-electron chi connectivity index (χ4n) is 2.37. The molecule has 0 aliphatic heterocycles. The Morgan fingerprint density at radius 3 is 2.78 bits per heavy atom. The lowest BCUT2D eigenvalue weighted by molar-refractivity contribution is -0.119. The molecule has 6 heteroatoms. The summed E-state index contributed by atoms with van der Waals surface area (Å²) in [6.07, 6.45) is 5.90. The van der Waals surface area contributed by atoms with E-state index in [4.69, 9.17) is 11.6 Å². The van der Waals surface area contributed by atoms with Crippen molar-refractivity contribution < 1.29 is 4.79 Å². The first-order valence-electron chi connectivity index (χ1n) is 7.80. The molecule has 120 valence electrons. The maximum atomic E-state index is 11.5. The molecule has 2 N–H and O–H groups in total. The van der Waals surface area contributed by atoms with Gasteiger partial charge in [-0.2, -0.15) is 0 Å². The highest BCUT2D eigenvalue weighted by Gasteiger charge is 2.24. The lowest BCUT2D eigenvalue weighted by atomic mass is 10.1. The van der Waals surface area contributed by atoms with Gasteiger partial charge < -0.3 is 10.6 Å². The zero-order valence-corrected chi connectivity index (χ0v) is 13.7. The van der Waals surface area contributed by atoms with Gasteiger partial charge in [0.2, 0.25) is 5.91 Å². The Hall–Kier alpha value is -2.14. The summed E-state index contributed by atoms with van der Waals surface area (Å²) in [6.45, 7) is 2.68. The number of anilines is 1.